The highest BCUT2D eigenvalue weighted by molar-refractivity contribution is 6.31. The predicted molar refractivity (Wildman–Crippen MR) is 108 cm³/mol. The minimum Gasteiger partial charge on any atom is -0.483 e. The second-order valence-electron chi connectivity index (χ2n) is 6.63. The number of halogens is 1. The number of aryl methyl sites for hydroxylation is 1. The van der Waals surface area contributed by atoms with E-state index in [1.54, 1.807) is 22.9 Å². The largest absolute Gasteiger partial charge is 0.483 e. The van der Waals surface area contributed by atoms with Gasteiger partial charge in [0.15, 0.2) is 6.61 Å². The standard InChI is InChI=1S/C20H18ClN5O3/c1-12-6-7-13(21)8-15(12)24-19(28)10-29-17-5-3-2-4-14(17)16-9-18(27)25-20-22-11-23-26(16)20/h2-8,11,16H,9-10H2,1H3,(H,24,28)(H,22,23,25,27)/t16-/m1/s1. The van der Waals surface area contributed by atoms with E-state index in [2.05, 4.69) is 20.7 Å². The van der Waals surface area contributed by atoms with E-state index in [0.29, 0.717) is 22.4 Å². The zero-order valence-electron chi connectivity index (χ0n) is 15.6. The van der Waals surface area contributed by atoms with Gasteiger partial charge in [0.2, 0.25) is 11.9 Å². The minimum absolute atomic E-state index is 0.153. The number of aromatic nitrogens is 3. The molecule has 3 aromatic rings. The van der Waals surface area contributed by atoms with Gasteiger partial charge in [0.25, 0.3) is 5.91 Å². The Hall–Kier alpha value is -3.39. The summed E-state index contributed by atoms with van der Waals surface area (Å²) in [5.41, 5.74) is 2.28. The summed E-state index contributed by atoms with van der Waals surface area (Å²) in [5, 5.41) is 10.2. The van der Waals surface area contributed by atoms with E-state index in [0.717, 1.165) is 11.1 Å². The zero-order chi connectivity index (χ0) is 20.4. The van der Waals surface area contributed by atoms with Crippen LogP contribution >= 0.6 is 11.6 Å². The monoisotopic (exact) mass is 411 g/mol. The van der Waals surface area contributed by atoms with Crippen LogP contribution < -0.4 is 15.4 Å². The van der Waals surface area contributed by atoms with E-state index in [4.69, 9.17) is 16.3 Å². The number of anilines is 2. The van der Waals surface area contributed by atoms with E-state index in [9.17, 15) is 9.59 Å². The van der Waals surface area contributed by atoms with Gasteiger partial charge in [-0.25, -0.2) is 4.68 Å². The van der Waals surface area contributed by atoms with Crippen molar-refractivity contribution in [3.05, 3.63) is 64.9 Å². The Morgan fingerprint density at radius 1 is 1.34 bits per heavy atom. The first kappa shape index (κ1) is 18.9. The number of hydrogen-bond acceptors (Lipinski definition) is 5. The molecule has 0 saturated heterocycles. The molecule has 1 aliphatic rings. The first-order valence-corrected chi connectivity index (χ1v) is 9.36. The smallest absolute Gasteiger partial charge is 0.262 e. The molecule has 1 atom stereocenters. The molecule has 9 heteroatoms. The molecule has 0 radical (unpaired) electrons. The number of ether oxygens (including phenoxy) is 1. The van der Waals surface area contributed by atoms with Crippen molar-refractivity contribution < 1.29 is 14.3 Å². The van der Waals surface area contributed by atoms with Crippen molar-refractivity contribution in [1.29, 1.82) is 0 Å². The lowest BCUT2D eigenvalue weighted by atomic mass is 10.0. The molecular weight excluding hydrogens is 394 g/mol. The first-order chi connectivity index (χ1) is 14.0. The lowest BCUT2D eigenvalue weighted by Crippen LogP contribution is -2.29. The predicted octanol–water partition coefficient (Wildman–Crippen LogP) is 3.19. The summed E-state index contributed by atoms with van der Waals surface area (Å²) in [6.45, 7) is 1.69. The third-order valence-electron chi connectivity index (χ3n) is 4.61. The van der Waals surface area contributed by atoms with E-state index in [1.807, 2.05) is 31.2 Å². The number of fused-ring (bicyclic) bond motifs is 1. The number of amides is 2. The van der Waals surface area contributed by atoms with Crippen molar-refractivity contribution in [2.75, 3.05) is 17.2 Å². The topological polar surface area (TPSA) is 98.1 Å². The van der Waals surface area contributed by atoms with Crippen LogP contribution in [0.5, 0.6) is 5.75 Å². The molecule has 0 unspecified atom stereocenters. The number of nitrogens with zero attached hydrogens (tertiary/aromatic N) is 3. The second-order valence-corrected chi connectivity index (χ2v) is 7.07. The van der Waals surface area contributed by atoms with Crippen LogP contribution in [-0.2, 0) is 9.59 Å². The Morgan fingerprint density at radius 2 is 2.17 bits per heavy atom. The summed E-state index contributed by atoms with van der Waals surface area (Å²) in [5.74, 6) is 0.425. The summed E-state index contributed by atoms with van der Waals surface area (Å²) in [4.78, 5) is 28.5. The molecule has 0 spiro atoms. The number of nitrogens with one attached hydrogen (secondary N) is 2. The first-order valence-electron chi connectivity index (χ1n) is 8.98. The maximum Gasteiger partial charge on any atom is 0.262 e. The fourth-order valence-corrected chi connectivity index (χ4v) is 3.36. The molecule has 1 aliphatic heterocycles. The Balaban J connectivity index is 1.50. The number of para-hydroxylation sites is 1. The molecule has 0 fully saturated rings. The molecule has 2 N–H and O–H groups in total. The van der Waals surface area contributed by atoms with Crippen LogP contribution in [0.25, 0.3) is 0 Å². The lowest BCUT2D eigenvalue weighted by molar-refractivity contribution is -0.118. The Labute approximate surface area is 171 Å². The maximum absolute atomic E-state index is 12.4. The molecule has 8 nitrogen and oxygen atoms in total. The average molecular weight is 412 g/mol. The van der Waals surface area contributed by atoms with Crippen molar-refractivity contribution in [2.24, 2.45) is 0 Å². The van der Waals surface area contributed by atoms with Crippen molar-refractivity contribution in [2.45, 2.75) is 19.4 Å². The van der Waals surface area contributed by atoms with Crippen LogP contribution in [-0.4, -0.2) is 33.2 Å². The van der Waals surface area contributed by atoms with Gasteiger partial charge in [0.1, 0.15) is 12.1 Å². The Morgan fingerprint density at radius 3 is 3.03 bits per heavy atom. The summed E-state index contributed by atoms with van der Waals surface area (Å²) in [6.07, 6.45) is 1.59. The fraction of sp³-hybridized carbons (Fsp3) is 0.200. The summed E-state index contributed by atoms with van der Waals surface area (Å²) >= 11 is 6.00. The normalized spacial score (nSPS) is 15.4. The summed E-state index contributed by atoms with van der Waals surface area (Å²) < 4.78 is 7.42. The third kappa shape index (κ3) is 4.07. The number of rotatable bonds is 5. The SMILES string of the molecule is Cc1ccc(Cl)cc1NC(=O)COc1ccccc1[C@H]1CC(=O)Nc2ncnn21. The van der Waals surface area contributed by atoms with Gasteiger partial charge in [-0.2, -0.15) is 10.1 Å². The van der Waals surface area contributed by atoms with Crippen molar-refractivity contribution in [1.82, 2.24) is 14.8 Å². The molecular formula is C20H18ClN5O3. The van der Waals surface area contributed by atoms with Crippen LogP contribution in [0.4, 0.5) is 11.6 Å². The van der Waals surface area contributed by atoms with E-state index in [-0.39, 0.29) is 30.9 Å². The van der Waals surface area contributed by atoms with Gasteiger partial charge in [0, 0.05) is 16.3 Å². The molecule has 0 bridgehead atoms. The molecule has 2 aromatic carbocycles. The van der Waals surface area contributed by atoms with Crippen LogP contribution in [0.1, 0.15) is 23.6 Å². The zero-order valence-corrected chi connectivity index (χ0v) is 16.3. The van der Waals surface area contributed by atoms with Crippen LogP contribution in [0.3, 0.4) is 0 Å². The van der Waals surface area contributed by atoms with E-state index >= 15 is 0 Å². The van der Waals surface area contributed by atoms with Gasteiger partial charge in [-0.05, 0) is 30.7 Å². The van der Waals surface area contributed by atoms with Crippen molar-refractivity contribution in [3.63, 3.8) is 0 Å². The van der Waals surface area contributed by atoms with E-state index < -0.39 is 0 Å². The molecule has 0 aliphatic carbocycles. The summed E-state index contributed by atoms with van der Waals surface area (Å²) in [7, 11) is 0. The lowest BCUT2D eigenvalue weighted by Gasteiger charge is -2.25. The fourth-order valence-electron chi connectivity index (χ4n) is 3.19. The molecule has 0 saturated carbocycles. The van der Waals surface area contributed by atoms with Gasteiger partial charge >= 0.3 is 0 Å². The number of carbonyl (C=O) groups is 2. The molecule has 29 heavy (non-hydrogen) atoms. The van der Waals surface area contributed by atoms with E-state index in [1.165, 1.54) is 6.33 Å². The van der Waals surface area contributed by atoms with Gasteiger partial charge < -0.3 is 10.1 Å². The Kier molecular flexibility index (Phi) is 5.18. The second kappa shape index (κ2) is 7.92. The van der Waals surface area contributed by atoms with Crippen molar-refractivity contribution >= 4 is 35.1 Å². The minimum atomic E-state index is -0.365. The number of hydrogen-bond donors (Lipinski definition) is 2. The highest BCUT2D eigenvalue weighted by Crippen LogP contribution is 2.34. The number of carbonyl (C=O) groups excluding carboxylic acids is 2. The van der Waals surface area contributed by atoms with Crippen LogP contribution in [0.2, 0.25) is 5.02 Å². The highest BCUT2D eigenvalue weighted by atomic mass is 35.5. The van der Waals surface area contributed by atoms with Gasteiger partial charge in [-0.1, -0.05) is 35.9 Å². The third-order valence-corrected chi connectivity index (χ3v) is 4.84. The molecule has 148 valence electrons. The van der Waals surface area contributed by atoms with Gasteiger partial charge in [0.05, 0.1) is 12.5 Å². The molecule has 2 heterocycles. The Bertz CT molecular complexity index is 1080. The van der Waals surface area contributed by atoms with Crippen LogP contribution in [0, 0.1) is 6.92 Å². The van der Waals surface area contributed by atoms with Gasteiger partial charge in [-0.3, -0.25) is 14.9 Å². The highest BCUT2D eigenvalue weighted by Gasteiger charge is 2.29. The molecule has 1 aromatic heterocycles. The number of benzene rings is 2. The molecule has 4 rings (SSSR count). The van der Waals surface area contributed by atoms with Gasteiger partial charge in [-0.15, -0.1) is 0 Å². The average Bonchev–Trinajstić information content (AvgIpc) is 3.17. The quantitative estimate of drug-likeness (QED) is 0.671. The maximum atomic E-state index is 12.4. The molecule has 2 amide bonds. The summed E-state index contributed by atoms with van der Waals surface area (Å²) in [6, 6.07) is 12.2. The van der Waals surface area contributed by atoms with Crippen LogP contribution in [0.15, 0.2) is 48.8 Å². The van der Waals surface area contributed by atoms with Crippen molar-refractivity contribution in [3.8, 4) is 5.75 Å².